The van der Waals surface area contributed by atoms with Crippen LogP contribution >= 0.6 is 0 Å². The number of carbonyl (C=O) groups is 1. The Bertz CT molecular complexity index is 843. The standard InChI is InChI=1S/C14H15N5O3/c1-8-10(6-18(3)15-8)12-4-5-19(16-12)7-11-9(2)22-17-13(11)14(20)21/h4-6H,7H2,1-3H3,(H,20,21). The average molecular weight is 301 g/mol. The van der Waals surface area contributed by atoms with Crippen LogP contribution in [0.25, 0.3) is 11.3 Å². The molecule has 0 amide bonds. The number of carboxylic acid groups (broad SMARTS) is 1. The van der Waals surface area contributed by atoms with Gasteiger partial charge in [-0.1, -0.05) is 5.16 Å². The summed E-state index contributed by atoms with van der Waals surface area (Å²) in [5, 5.41) is 21.4. The summed E-state index contributed by atoms with van der Waals surface area (Å²) in [4.78, 5) is 11.1. The van der Waals surface area contributed by atoms with Crippen molar-refractivity contribution in [1.82, 2.24) is 24.7 Å². The molecule has 8 heteroatoms. The van der Waals surface area contributed by atoms with E-state index in [0.29, 0.717) is 11.3 Å². The molecule has 3 aromatic rings. The molecule has 0 saturated heterocycles. The third-order valence-corrected chi connectivity index (χ3v) is 3.44. The molecule has 0 aliphatic heterocycles. The Kier molecular flexibility index (Phi) is 3.28. The quantitative estimate of drug-likeness (QED) is 0.786. The van der Waals surface area contributed by atoms with Crippen molar-refractivity contribution >= 4 is 5.97 Å². The van der Waals surface area contributed by atoms with Crippen LogP contribution in [0.4, 0.5) is 0 Å². The van der Waals surface area contributed by atoms with Crippen molar-refractivity contribution < 1.29 is 14.4 Å². The highest BCUT2D eigenvalue weighted by Crippen LogP contribution is 2.21. The summed E-state index contributed by atoms with van der Waals surface area (Å²) in [5.41, 5.74) is 3.07. The van der Waals surface area contributed by atoms with Gasteiger partial charge >= 0.3 is 5.97 Å². The summed E-state index contributed by atoms with van der Waals surface area (Å²) in [6, 6.07) is 1.87. The molecule has 3 rings (SSSR count). The van der Waals surface area contributed by atoms with Crippen molar-refractivity contribution in [1.29, 1.82) is 0 Å². The highest BCUT2D eigenvalue weighted by atomic mass is 16.5. The van der Waals surface area contributed by atoms with E-state index >= 15 is 0 Å². The molecule has 1 N–H and O–H groups in total. The number of nitrogens with zero attached hydrogens (tertiary/aromatic N) is 5. The van der Waals surface area contributed by atoms with E-state index in [9.17, 15) is 4.79 Å². The van der Waals surface area contributed by atoms with Crippen LogP contribution in [-0.4, -0.2) is 35.8 Å². The molecule has 0 aromatic carbocycles. The minimum Gasteiger partial charge on any atom is -0.476 e. The van der Waals surface area contributed by atoms with Crippen molar-refractivity contribution in [3.05, 3.63) is 41.2 Å². The van der Waals surface area contributed by atoms with E-state index in [1.165, 1.54) is 0 Å². The van der Waals surface area contributed by atoms with Crippen LogP contribution in [0.5, 0.6) is 0 Å². The zero-order valence-electron chi connectivity index (χ0n) is 12.4. The molecule has 22 heavy (non-hydrogen) atoms. The van der Waals surface area contributed by atoms with Crippen LogP contribution in [0.15, 0.2) is 23.0 Å². The molecule has 3 heterocycles. The summed E-state index contributed by atoms with van der Waals surface area (Å²) in [6.07, 6.45) is 3.69. The molecule has 0 bridgehead atoms. The van der Waals surface area contributed by atoms with E-state index in [0.717, 1.165) is 17.0 Å². The third kappa shape index (κ3) is 2.39. The van der Waals surface area contributed by atoms with E-state index < -0.39 is 5.97 Å². The highest BCUT2D eigenvalue weighted by Gasteiger charge is 2.20. The van der Waals surface area contributed by atoms with Crippen LogP contribution in [0, 0.1) is 13.8 Å². The second-order valence-electron chi connectivity index (χ2n) is 5.07. The molecule has 0 radical (unpaired) electrons. The normalized spacial score (nSPS) is 11.0. The lowest BCUT2D eigenvalue weighted by Crippen LogP contribution is -2.07. The monoisotopic (exact) mass is 301 g/mol. The minimum atomic E-state index is -1.11. The number of rotatable bonds is 4. The van der Waals surface area contributed by atoms with Gasteiger partial charge in [-0.15, -0.1) is 0 Å². The lowest BCUT2D eigenvalue weighted by atomic mass is 10.2. The summed E-state index contributed by atoms with van der Waals surface area (Å²) in [5.74, 6) is -0.630. The van der Waals surface area contributed by atoms with Crippen LogP contribution < -0.4 is 0 Å². The van der Waals surface area contributed by atoms with Crippen molar-refractivity contribution in [2.24, 2.45) is 7.05 Å². The van der Waals surface area contributed by atoms with Crippen molar-refractivity contribution in [2.45, 2.75) is 20.4 Å². The van der Waals surface area contributed by atoms with Crippen LogP contribution in [0.3, 0.4) is 0 Å². The summed E-state index contributed by atoms with van der Waals surface area (Å²) < 4.78 is 8.35. The molecule has 0 aliphatic carbocycles. The Morgan fingerprint density at radius 1 is 1.36 bits per heavy atom. The maximum atomic E-state index is 11.1. The SMILES string of the molecule is Cc1nn(C)cc1-c1ccn(Cc2c(C(=O)O)noc2C)n1. The van der Waals surface area contributed by atoms with E-state index in [1.54, 1.807) is 22.5 Å². The van der Waals surface area contributed by atoms with Gasteiger partial charge in [0.05, 0.1) is 23.5 Å². The van der Waals surface area contributed by atoms with E-state index in [4.69, 9.17) is 9.63 Å². The zero-order valence-corrected chi connectivity index (χ0v) is 12.4. The second kappa shape index (κ2) is 5.14. The predicted octanol–water partition coefficient (Wildman–Crippen LogP) is 1.63. The van der Waals surface area contributed by atoms with Gasteiger partial charge in [-0.25, -0.2) is 4.79 Å². The molecule has 0 saturated carbocycles. The van der Waals surface area contributed by atoms with E-state index in [2.05, 4.69) is 15.4 Å². The summed E-state index contributed by atoms with van der Waals surface area (Å²) in [6.45, 7) is 3.89. The van der Waals surface area contributed by atoms with Crippen molar-refractivity contribution in [2.75, 3.05) is 0 Å². The van der Waals surface area contributed by atoms with Gasteiger partial charge in [-0.05, 0) is 19.9 Å². The Hall–Kier alpha value is -2.90. The first kappa shape index (κ1) is 14.1. The molecule has 3 aromatic heterocycles. The molecule has 8 nitrogen and oxygen atoms in total. The largest absolute Gasteiger partial charge is 0.476 e. The van der Waals surface area contributed by atoms with Crippen LogP contribution in [-0.2, 0) is 13.6 Å². The first-order valence-electron chi connectivity index (χ1n) is 6.68. The second-order valence-corrected chi connectivity index (χ2v) is 5.07. The molecule has 0 atom stereocenters. The highest BCUT2D eigenvalue weighted by molar-refractivity contribution is 5.87. The Labute approximate surface area is 126 Å². The molecule has 114 valence electrons. The molecule has 0 fully saturated rings. The van der Waals surface area contributed by atoms with Crippen molar-refractivity contribution in [3.63, 3.8) is 0 Å². The minimum absolute atomic E-state index is 0.0768. The predicted molar refractivity (Wildman–Crippen MR) is 76.5 cm³/mol. The average Bonchev–Trinajstić information content (AvgIpc) is 3.12. The van der Waals surface area contributed by atoms with Gasteiger partial charge in [-0.2, -0.15) is 10.2 Å². The molecular weight excluding hydrogens is 286 g/mol. The number of aryl methyl sites for hydroxylation is 3. The van der Waals surface area contributed by atoms with E-state index in [1.807, 2.05) is 26.2 Å². The van der Waals surface area contributed by atoms with Crippen LogP contribution in [0.2, 0.25) is 0 Å². The first-order chi connectivity index (χ1) is 10.5. The van der Waals surface area contributed by atoms with E-state index in [-0.39, 0.29) is 12.2 Å². The van der Waals surface area contributed by atoms with Gasteiger partial charge in [0.2, 0.25) is 0 Å². The fraction of sp³-hybridized carbons (Fsp3) is 0.286. The third-order valence-electron chi connectivity index (χ3n) is 3.44. The molecular formula is C14H15N5O3. The summed E-state index contributed by atoms with van der Waals surface area (Å²) >= 11 is 0. The fourth-order valence-electron chi connectivity index (χ4n) is 2.35. The maximum Gasteiger partial charge on any atom is 0.358 e. The van der Waals surface area contributed by atoms with Crippen LogP contribution in [0.1, 0.15) is 27.5 Å². The number of aromatic carboxylic acids is 1. The first-order valence-corrected chi connectivity index (χ1v) is 6.68. The van der Waals surface area contributed by atoms with Gasteiger partial charge in [0.25, 0.3) is 0 Å². The zero-order chi connectivity index (χ0) is 15.9. The lowest BCUT2D eigenvalue weighted by molar-refractivity contribution is 0.0684. The number of aromatic nitrogens is 5. The van der Waals surface area contributed by atoms with Gasteiger partial charge in [0.15, 0.2) is 5.69 Å². The molecule has 0 spiro atoms. The lowest BCUT2D eigenvalue weighted by Gasteiger charge is -2.00. The number of hydrogen-bond acceptors (Lipinski definition) is 5. The molecule has 0 aliphatic rings. The Morgan fingerprint density at radius 2 is 2.14 bits per heavy atom. The maximum absolute atomic E-state index is 11.1. The van der Waals surface area contributed by atoms with Gasteiger partial charge in [-0.3, -0.25) is 9.36 Å². The Morgan fingerprint density at radius 3 is 2.77 bits per heavy atom. The fourth-order valence-corrected chi connectivity index (χ4v) is 2.35. The number of carboxylic acids is 1. The molecule has 0 unspecified atom stereocenters. The van der Waals surface area contributed by atoms with Crippen molar-refractivity contribution in [3.8, 4) is 11.3 Å². The topological polar surface area (TPSA) is 99.0 Å². The number of hydrogen-bond donors (Lipinski definition) is 1. The Balaban J connectivity index is 1.91. The van der Waals surface area contributed by atoms with Gasteiger partial charge in [0.1, 0.15) is 5.76 Å². The smallest absolute Gasteiger partial charge is 0.358 e. The van der Waals surface area contributed by atoms with Gasteiger partial charge in [0, 0.05) is 25.0 Å². The summed E-state index contributed by atoms with van der Waals surface area (Å²) in [7, 11) is 1.85. The van der Waals surface area contributed by atoms with Gasteiger partial charge < -0.3 is 9.63 Å².